The van der Waals surface area contributed by atoms with Gasteiger partial charge in [0.15, 0.2) is 4.96 Å². The zero-order chi connectivity index (χ0) is 11.0. The Kier molecular flexibility index (Phi) is 2.67. The van der Waals surface area contributed by atoms with Crippen LogP contribution in [0, 0.1) is 0 Å². The van der Waals surface area contributed by atoms with Gasteiger partial charge in [0, 0.05) is 30.4 Å². The Hall–Kier alpha value is -0.910. The number of hydrogen-bond acceptors (Lipinski definition) is 4. The molecule has 0 aliphatic carbocycles. The molecule has 2 aromatic heterocycles. The predicted molar refractivity (Wildman–Crippen MR) is 63.6 cm³/mol. The Morgan fingerprint density at radius 3 is 3.31 bits per heavy atom. The lowest BCUT2D eigenvalue weighted by Gasteiger charge is -2.21. The van der Waals surface area contributed by atoms with E-state index in [0.717, 1.165) is 30.2 Å². The molecule has 1 fully saturated rings. The summed E-state index contributed by atoms with van der Waals surface area (Å²) in [7, 11) is 0. The van der Waals surface area contributed by atoms with E-state index in [0.29, 0.717) is 6.04 Å². The molecule has 0 saturated carbocycles. The third-order valence-electron chi connectivity index (χ3n) is 3.22. The van der Waals surface area contributed by atoms with Crippen LogP contribution >= 0.6 is 11.3 Å². The topological polar surface area (TPSA) is 40.8 Å². The maximum Gasteiger partial charge on any atom is 0.193 e. The highest BCUT2D eigenvalue weighted by atomic mass is 32.1. The molecule has 3 rings (SSSR count). The van der Waals surface area contributed by atoms with E-state index in [-0.39, 0.29) is 6.61 Å². The van der Waals surface area contributed by atoms with E-state index >= 15 is 0 Å². The quantitative estimate of drug-likeness (QED) is 0.876. The fourth-order valence-electron chi connectivity index (χ4n) is 2.37. The summed E-state index contributed by atoms with van der Waals surface area (Å²) in [5.41, 5.74) is 1.10. The zero-order valence-electron chi connectivity index (χ0n) is 9.04. The minimum absolute atomic E-state index is 0.266. The maximum atomic E-state index is 9.25. The minimum Gasteiger partial charge on any atom is -0.395 e. The summed E-state index contributed by atoms with van der Waals surface area (Å²) in [6.45, 7) is 2.21. The second kappa shape index (κ2) is 4.16. The molecular weight excluding hydrogens is 222 g/mol. The first-order valence-corrected chi connectivity index (χ1v) is 6.51. The van der Waals surface area contributed by atoms with Crippen molar-refractivity contribution in [2.45, 2.75) is 25.4 Å². The molecule has 1 aliphatic heterocycles. The molecule has 4 nitrogen and oxygen atoms in total. The number of aliphatic hydroxyl groups is 1. The van der Waals surface area contributed by atoms with E-state index in [1.807, 2.05) is 11.6 Å². The molecule has 0 amide bonds. The second-order valence-electron chi connectivity index (χ2n) is 4.27. The molecule has 16 heavy (non-hydrogen) atoms. The van der Waals surface area contributed by atoms with Crippen LogP contribution in [0.4, 0.5) is 0 Å². The van der Waals surface area contributed by atoms with E-state index in [4.69, 9.17) is 0 Å². The van der Waals surface area contributed by atoms with E-state index in [1.165, 1.54) is 6.42 Å². The summed E-state index contributed by atoms with van der Waals surface area (Å²) in [5.74, 6) is 0. The Morgan fingerprint density at radius 2 is 2.50 bits per heavy atom. The average molecular weight is 237 g/mol. The van der Waals surface area contributed by atoms with Crippen molar-refractivity contribution >= 4 is 16.3 Å². The molecule has 0 radical (unpaired) electrons. The molecule has 0 unspecified atom stereocenters. The molecule has 2 aromatic rings. The van der Waals surface area contributed by atoms with E-state index < -0.39 is 0 Å². The first-order valence-electron chi connectivity index (χ1n) is 5.63. The SMILES string of the molecule is OC[C@H]1CCCN1Cc1cn2ccsc2n1. The minimum atomic E-state index is 0.266. The van der Waals surface area contributed by atoms with Gasteiger partial charge in [0.2, 0.25) is 0 Å². The number of aliphatic hydroxyl groups excluding tert-OH is 1. The molecule has 1 atom stereocenters. The predicted octanol–water partition coefficient (Wildman–Crippen LogP) is 1.35. The fraction of sp³-hybridized carbons (Fsp3) is 0.545. The molecule has 0 bridgehead atoms. The van der Waals surface area contributed by atoms with Crippen molar-refractivity contribution in [3.63, 3.8) is 0 Å². The van der Waals surface area contributed by atoms with E-state index in [1.54, 1.807) is 11.3 Å². The fourth-order valence-corrected chi connectivity index (χ4v) is 3.09. The molecule has 1 saturated heterocycles. The van der Waals surface area contributed by atoms with Crippen LogP contribution in [0.2, 0.25) is 0 Å². The van der Waals surface area contributed by atoms with Gasteiger partial charge in [0.1, 0.15) is 0 Å². The van der Waals surface area contributed by atoms with Gasteiger partial charge in [-0.15, -0.1) is 11.3 Å². The Morgan fingerprint density at radius 1 is 1.56 bits per heavy atom. The number of hydrogen-bond donors (Lipinski definition) is 1. The normalized spacial score (nSPS) is 22.2. The molecule has 0 aromatic carbocycles. The van der Waals surface area contributed by atoms with Crippen LogP contribution in [0.15, 0.2) is 17.8 Å². The zero-order valence-corrected chi connectivity index (χ0v) is 9.86. The summed E-state index contributed by atoms with van der Waals surface area (Å²) in [5, 5.41) is 11.3. The van der Waals surface area contributed by atoms with Gasteiger partial charge in [-0.2, -0.15) is 0 Å². The highest BCUT2D eigenvalue weighted by Crippen LogP contribution is 2.20. The standard InChI is InChI=1S/C11H15N3OS/c15-8-10-2-1-3-13(10)6-9-7-14-4-5-16-11(14)12-9/h4-5,7,10,15H,1-3,6,8H2/t10-/m1/s1. The number of nitrogens with zero attached hydrogens (tertiary/aromatic N) is 3. The highest BCUT2D eigenvalue weighted by Gasteiger charge is 2.24. The van der Waals surface area contributed by atoms with Crippen molar-refractivity contribution in [3.05, 3.63) is 23.5 Å². The summed E-state index contributed by atoms with van der Waals surface area (Å²) in [6.07, 6.45) is 6.41. The van der Waals surface area contributed by atoms with Gasteiger partial charge in [-0.3, -0.25) is 9.30 Å². The number of imidazole rings is 1. The Balaban J connectivity index is 1.76. The van der Waals surface area contributed by atoms with Gasteiger partial charge >= 0.3 is 0 Å². The molecule has 1 aliphatic rings. The van der Waals surface area contributed by atoms with Crippen LogP contribution < -0.4 is 0 Å². The summed E-state index contributed by atoms with van der Waals surface area (Å²) in [4.78, 5) is 7.94. The number of rotatable bonds is 3. The third-order valence-corrected chi connectivity index (χ3v) is 3.99. The molecular formula is C11H15N3OS. The van der Waals surface area contributed by atoms with Crippen molar-refractivity contribution in [3.8, 4) is 0 Å². The van der Waals surface area contributed by atoms with Crippen LogP contribution in [-0.4, -0.2) is 38.6 Å². The first-order chi connectivity index (χ1) is 7.86. The van der Waals surface area contributed by atoms with Crippen molar-refractivity contribution < 1.29 is 5.11 Å². The number of aromatic nitrogens is 2. The van der Waals surface area contributed by atoms with Gasteiger partial charge in [-0.05, 0) is 19.4 Å². The average Bonchev–Trinajstić information content (AvgIpc) is 2.92. The molecule has 3 heterocycles. The number of likely N-dealkylation sites (tertiary alicyclic amines) is 1. The summed E-state index contributed by atoms with van der Waals surface area (Å²) >= 11 is 1.66. The summed E-state index contributed by atoms with van der Waals surface area (Å²) < 4.78 is 2.06. The highest BCUT2D eigenvalue weighted by molar-refractivity contribution is 7.15. The van der Waals surface area contributed by atoms with Crippen LogP contribution in [0.1, 0.15) is 18.5 Å². The Labute approximate surface area is 98.1 Å². The third kappa shape index (κ3) is 1.75. The lowest BCUT2D eigenvalue weighted by atomic mass is 10.2. The van der Waals surface area contributed by atoms with Crippen LogP contribution in [-0.2, 0) is 6.54 Å². The van der Waals surface area contributed by atoms with Gasteiger partial charge in [0.05, 0.1) is 12.3 Å². The molecule has 1 N–H and O–H groups in total. The molecule has 0 spiro atoms. The van der Waals surface area contributed by atoms with Crippen LogP contribution in [0.25, 0.3) is 4.96 Å². The van der Waals surface area contributed by atoms with Crippen LogP contribution in [0.5, 0.6) is 0 Å². The lowest BCUT2D eigenvalue weighted by Crippen LogP contribution is -2.31. The van der Waals surface area contributed by atoms with Gasteiger partial charge in [0.25, 0.3) is 0 Å². The smallest absolute Gasteiger partial charge is 0.193 e. The number of thiazole rings is 1. The van der Waals surface area contributed by atoms with Crippen molar-refractivity contribution in [2.24, 2.45) is 0 Å². The first kappa shape index (κ1) is 10.3. The van der Waals surface area contributed by atoms with Gasteiger partial charge < -0.3 is 5.11 Å². The van der Waals surface area contributed by atoms with E-state index in [9.17, 15) is 5.11 Å². The van der Waals surface area contributed by atoms with Crippen molar-refractivity contribution in [1.29, 1.82) is 0 Å². The van der Waals surface area contributed by atoms with Crippen LogP contribution in [0.3, 0.4) is 0 Å². The largest absolute Gasteiger partial charge is 0.395 e. The van der Waals surface area contributed by atoms with Gasteiger partial charge in [-0.25, -0.2) is 4.98 Å². The summed E-state index contributed by atoms with van der Waals surface area (Å²) in [6, 6.07) is 0.333. The van der Waals surface area contributed by atoms with E-state index in [2.05, 4.69) is 20.5 Å². The Bertz CT molecular complexity index is 450. The van der Waals surface area contributed by atoms with Crippen molar-refractivity contribution in [1.82, 2.24) is 14.3 Å². The second-order valence-corrected chi connectivity index (χ2v) is 5.15. The van der Waals surface area contributed by atoms with Crippen molar-refractivity contribution in [2.75, 3.05) is 13.2 Å². The monoisotopic (exact) mass is 237 g/mol. The van der Waals surface area contributed by atoms with Gasteiger partial charge in [-0.1, -0.05) is 0 Å². The molecule has 86 valence electrons. The maximum absolute atomic E-state index is 9.25. The molecule has 5 heteroatoms. The lowest BCUT2D eigenvalue weighted by molar-refractivity contribution is 0.152. The number of fused-ring (bicyclic) bond motifs is 1.